The Morgan fingerprint density at radius 3 is 2.33 bits per heavy atom. The smallest absolute Gasteiger partial charge is 0.319 e. The van der Waals surface area contributed by atoms with Gasteiger partial charge in [0.2, 0.25) is 0 Å². The van der Waals surface area contributed by atoms with E-state index in [4.69, 9.17) is 11.6 Å². The summed E-state index contributed by atoms with van der Waals surface area (Å²) in [5.74, 6) is 4.50. The Hall–Kier alpha value is -0.450. The van der Waals surface area contributed by atoms with Gasteiger partial charge >= 0.3 is 5.91 Å². The van der Waals surface area contributed by atoms with Crippen LogP contribution in [-0.2, 0) is 4.79 Å². The molecule has 0 radical (unpaired) electrons. The normalized spacial score (nSPS) is 8.33. The molecule has 0 aromatic carbocycles. The van der Waals surface area contributed by atoms with Gasteiger partial charge in [-0.2, -0.15) is 5.84 Å². The lowest BCUT2D eigenvalue weighted by atomic mass is 10.7. The highest BCUT2D eigenvalue weighted by Gasteiger charge is 1.92. The molecule has 4 nitrogen and oxygen atoms in total. The predicted octanol–water partition coefficient (Wildman–Crippen LogP) is -3.09. The summed E-state index contributed by atoms with van der Waals surface area (Å²) < 4.78 is 0. The molecule has 0 saturated heterocycles. The van der Waals surface area contributed by atoms with E-state index in [1.165, 1.54) is 0 Å². The van der Waals surface area contributed by atoms with Crippen LogP contribution in [0.5, 0.6) is 0 Å². The van der Waals surface area contributed by atoms with Crippen molar-refractivity contribution in [3.05, 3.63) is 0 Å². The molecule has 0 saturated carbocycles. The summed E-state index contributed by atoms with van der Waals surface area (Å²) in [6.45, 7) is 0.0104. The zero-order valence-corrected chi connectivity index (χ0v) is 3.35. The molecular formula is C2H8N3O+. The molecule has 0 bridgehead atoms. The van der Waals surface area contributed by atoms with Crippen LogP contribution < -0.4 is 17.0 Å². The highest BCUT2D eigenvalue weighted by atomic mass is 16.2. The fourth-order valence-corrected chi connectivity index (χ4v) is 0.0680. The Kier molecular flexibility index (Phi) is 2.56. The van der Waals surface area contributed by atoms with Crippen LogP contribution in [0.1, 0.15) is 0 Å². The highest BCUT2D eigenvalue weighted by molar-refractivity contribution is 5.66. The van der Waals surface area contributed by atoms with Gasteiger partial charge in [0, 0.05) is 0 Å². The third-order valence-corrected chi connectivity index (χ3v) is 0.387. The number of carbonyl (C=O) groups excluding carboxylic acids is 1. The Balaban J connectivity index is 2.99. The predicted molar refractivity (Wildman–Crippen MR) is 20.2 cm³/mol. The van der Waals surface area contributed by atoms with Crippen LogP contribution in [0.3, 0.4) is 0 Å². The van der Waals surface area contributed by atoms with Crippen molar-refractivity contribution in [1.29, 1.82) is 0 Å². The van der Waals surface area contributed by atoms with Gasteiger partial charge < -0.3 is 5.73 Å². The largest absolute Gasteiger partial charge is 0.342 e. The number of amides is 1. The fraction of sp³-hybridized carbons (Fsp3) is 0.500. The van der Waals surface area contributed by atoms with Gasteiger partial charge in [-0.1, -0.05) is 0 Å². The summed E-state index contributed by atoms with van der Waals surface area (Å²) in [6.07, 6.45) is 0. The number of primary amides is 1. The lowest BCUT2D eigenvalue weighted by Gasteiger charge is -1.80. The molecule has 36 valence electrons. The second-order valence-electron chi connectivity index (χ2n) is 0.837. The van der Waals surface area contributed by atoms with E-state index in [1.807, 2.05) is 0 Å². The van der Waals surface area contributed by atoms with Gasteiger partial charge in [-0.05, 0) is 0 Å². The molecule has 0 aromatic rings. The van der Waals surface area contributed by atoms with Gasteiger partial charge in [0.25, 0.3) is 0 Å². The van der Waals surface area contributed by atoms with Crippen molar-refractivity contribution in [2.75, 3.05) is 6.54 Å². The summed E-state index contributed by atoms with van der Waals surface area (Å²) in [4.78, 5) is 9.88. The van der Waals surface area contributed by atoms with E-state index in [0.29, 0.717) is 0 Å². The second kappa shape index (κ2) is 2.77. The summed E-state index contributed by atoms with van der Waals surface area (Å²) >= 11 is 0. The number of hydrogen-bond acceptors (Lipinski definition) is 3. The molecule has 6 heavy (non-hydrogen) atoms. The van der Waals surface area contributed by atoms with E-state index in [0.717, 1.165) is 5.43 Å². The molecule has 0 rings (SSSR count). The van der Waals surface area contributed by atoms with Gasteiger partial charge in [-0.3, -0.25) is 0 Å². The summed E-state index contributed by atoms with van der Waals surface area (Å²) in [5.41, 5.74) is 5.78. The number of carbonyl (C=O) groups is 1. The van der Waals surface area contributed by atoms with Crippen molar-refractivity contribution in [2.45, 2.75) is 0 Å². The first-order valence-electron chi connectivity index (χ1n) is 1.59. The second-order valence-corrected chi connectivity index (χ2v) is 0.837. The minimum absolute atomic E-state index is 0.0104. The molecule has 0 aliphatic heterocycles. The Labute approximate surface area is 35.5 Å². The lowest BCUT2D eigenvalue weighted by Crippen LogP contribution is -2.95. The standard InChI is InChI=1S/C2H7N3O/c3-1-2(6)5-4/h1,3-4H2,(H,5,6)/p+1. The van der Waals surface area contributed by atoms with Gasteiger partial charge in [0.05, 0.1) is 0 Å². The van der Waals surface area contributed by atoms with Gasteiger partial charge in [0.1, 0.15) is 6.54 Å². The first-order chi connectivity index (χ1) is 2.81. The van der Waals surface area contributed by atoms with E-state index in [2.05, 4.69) is 0 Å². The third-order valence-electron chi connectivity index (χ3n) is 0.387. The molecule has 0 unspecified atom stereocenters. The van der Waals surface area contributed by atoms with Crippen molar-refractivity contribution in [3.63, 3.8) is 0 Å². The minimum atomic E-state index is -0.227. The van der Waals surface area contributed by atoms with E-state index < -0.39 is 0 Å². The van der Waals surface area contributed by atoms with Crippen LogP contribution in [0.25, 0.3) is 0 Å². The zero-order chi connectivity index (χ0) is 4.99. The Bertz CT molecular complexity index is 46.8. The van der Waals surface area contributed by atoms with Gasteiger partial charge in [0.15, 0.2) is 0 Å². The first kappa shape index (κ1) is 5.55. The maximum Gasteiger partial charge on any atom is 0.342 e. The van der Waals surface area contributed by atoms with Crippen molar-refractivity contribution < 1.29 is 10.2 Å². The number of hydrogen-bond donors (Lipinski definition) is 3. The zero-order valence-electron chi connectivity index (χ0n) is 3.35. The molecule has 0 atom stereocenters. The van der Waals surface area contributed by atoms with Crippen LogP contribution in [0.2, 0.25) is 0 Å². The van der Waals surface area contributed by atoms with Crippen LogP contribution >= 0.6 is 0 Å². The molecule has 4 heteroatoms. The SMILES string of the molecule is NCC(=O)[NH2+]N. The van der Waals surface area contributed by atoms with Crippen molar-refractivity contribution in [2.24, 2.45) is 11.6 Å². The average molecular weight is 90.1 g/mol. The summed E-state index contributed by atoms with van der Waals surface area (Å²) in [6, 6.07) is 0. The van der Waals surface area contributed by atoms with Gasteiger partial charge in [-0.25, -0.2) is 10.2 Å². The van der Waals surface area contributed by atoms with E-state index >= 15 is 0 Å². The molecule has 0 aromatic heterocycles. The quantitative estimate of drug-likeness (QED) is 0.181. The number of rotatable bonds is 1. The monoisotopic (exact) mass is 90.1 g/mol. The topological polar surface area (TPSA) is 85.7 Å². The Morgan fingerprint density at radius 1 is 1.83 bits per heavy atom. The number of quaternary nitrogens is 1. The maximum absolute atomic E-state index is 9.88. The summed E-state index contributed by atoms with van der Waals surface area (Å²) in [7, 11) is 0. The highest BCUT2D eigenvalue weighted by Crippen LogP contribution is 1.32. The minimum Gasteiger partial charge on any atom is -0.319 e. The average Bonchev–Trinajstić information content (AvgIpc) is 1.65. The molecule has 0 heterocycles. The van der Waals surface area contributed by atoms with Crippen LogP contribution in [-0.4, -0.2) is 12.5 Å². The van der Waals surface area contributed by atoms with Crippen LogP contribution in [0.15, 0.2) is 0 Å². The van der Waals surface area contributed by atoms with E-state index in [-0.39, 0.29) is 12.5 Å². The number of nitrogens with two attached hydrogens (primary N) is 3. The molecule has 0 spiro atoms. The molecule has 1 amide bonds. The lowest BCUT2D eigenvalue weighted by molar-refractivity contribution is -0.579. The van der Waals surface area contributed by atoms with Crippen LogP contribution in [0.4, 0.5) is 0 Å². The van der Waals surface area contributed by atoms with Crippen LogP contribution in [0, 0.1) is 0 Å². The van der Waals surface area contributed by atoms with Crippen molar-refractivity contribution in [3.8, 4) is 0 Å². The van der Waals surface area contributed by atoms with Gasteiger partial charge in [-0.15, -0.1) is 0 Å². The summed E-state index contributed by atoms with van der Waals surface area (Å²) in [5, 5.41) is 0. The molecular weight excluding hydrogens is 82.0 g/mol. The molecule has 0 fully saturated rings. The first-order valence-corrected chi connectivity index (χ1v) is 1.59. The van der Waals surface area contributed by atoms with E-state index in [1.54, 1.807) is 0 Å². The maximum atomic E-state index is 9.88. The molecule has 0 aliphatic rings. The fourth-order valence-electron chi connectivity index (χ4n) is 0.0680. The molecule has 6 N–H and O–H groups in total. The Morgan fingerprint density at radius 2 is 2.33 bits per heavy atom. The van der Waals surface area contributed by atoms with Crippen molar-refractivity contribution >= 4 is 5.91 Å². The third kappa shape index (κ3) is 1.83. The van der Waals surface area contributed by atoms with Crippen molar-refractivity contribution in [1.82, 2.24) is 0 Å². The van der Waals surface area contributed by atoms with E-state index in [9.17, 15) is 4.79 Å². The molecule has 0 aliphatic carbocycles.